The lowest BCUT2D eigenvalue weighted by atomic mass is 10.0. The Kier molecular flexibility index (Phi) is 9.31. The van der Waals surface area contributed by atoms with Gasteiger partial charge in [-0.15, -0.1) is 23.5 Å². The summed E-state index contributed by atoms with van der Waals surface area (Å²) in [5.41, 5.74) is 4.87. The van der Waals surface area contributed by atoms with Crippen LogP contribution in [0, 0.1) is 0 Å². The average Bonchev–Trinajstić information content (AvgIpc) is 3.28. The van der Waals surface area contributed by atoms with Crippen molar-refractivity contribution in [2.45, 2.75) is 47.2 Å². The van der Waals surface area contributed by atoms with E-state index in [1.54, 1.807) is 23.5 Å². The second-order valence-corrected chi connectivity index (χ2v) is 12.2. The van der Waals surface area contributed by atoms with Crippen LogP contribution in [0.25, 0.3) is 0 Å². The van der Waals surface area contributed by atoms with Gasteiger partial charge in [-0.2, -0.15) is 0 Å². The molecule has 4 atom stereocenters. The van der Waals surface area contributed by atoms with Crippen LogP contribution in [-0.4, -0.2) is 22.5 Å². The molecule has 4 heteroatoms. The Morgan fingerprint density at radius 1 is 0.730 bits per heavy atom. The lowest BCUT2D eigenvalue weighted by Crippen LogP contribution is -2.26. The lowest BCUT2D eigenvalue weighted by Gasteiger charge is -2.21. The van der Waals surface area contributed by atoms with Crippen molar-refractivity contribution in [2.24, 2.45) is 0 Å². The highest BCUT2D eigenvalue weighted by atomic mass is 32.2. The summed E-state index contributed by atoms with van der Waals surface area (Å²) >= 11 is 3.46. The molecule has 0 spiro atoms. The van der Waals surface area contributed by atoms with Crippen molar-refractivity contribution in [1.82, 2.24) is 0 Å². The van der Waals surface area contributed by atoms with Gasteiger partial charge in [0.05, 0.1) is 37.1 Å². The molecule has 4 aromatic rings. The maximum atomic E-state index is 9.56. The average molecular weight is 528 g/mol. The van der Waals surface area contributed by atoms with E-state index in [0.717, 1.165) is 17.5 Å². The molecule has 5 rings (SSSR count). The second kappa shape index (κ2) is 13.9. The Labute approximate surface area is 231 Å². The van der Waals surface area contributed by atoms with Crippen molar-refractivity contribution in [3.05, 3.63) is 144 Å². The Morgan fingerprint density at radius 2 is 1.27 bits per heavy atom. The summed E-state index contributed by atoms with van der Waals surface area (Å²) in [5, 5.41) is 0.280. The predicted octanol–water partition coefficient (Wildman–Crippen LogP) is 8.34. The molecule has 37 heavy (non-hydrogen) atoms. The number of ether oxygens (including phenoxy) is 2. The van der Waals surface area contributed by atoms with Gasteiger partial charge < -0.3 is 9.47 Å². The topological polar surface area (TPSA) is 18.5 Å². The zero-order valence-electron chi connectivity index (χ0n) is 21.9. The third-order valence-corrected chi connectivity index (χ3v) is 9.38. The van der Waals surface area contributed by atoms with Crippen LogP contribution in [0.4, 0.5) is 0 Å². The molecule has 0 radical (unpaired) electrons. The van der Waals surface area contributed by atoms with Gasteiger partial charge in [-0.25, -0.2) is 0 Å². The van der Waals surface area contributed by atoms with Crippen LogP contribution in [-0.2, 0) is 29.1 Å². The minimum absolute atomic E-state index is 0.0471. The predicted molar refractivity (Wildman–Crippen MR) is 158 cm³/mol. The molecule has 0 N–H and O–H groups in total. The minimum Gasteiger partial charge on any atom is -0.376 e. The number of hydrogen-bond acceptors (Lipinski definition) is 4. The summed E-state index contributed by atoms with van der Waals surface area (Å²) in [6.45, 7) is 1.69. The molecule has 2 nitrogen and oxygen atoms in total. The number of hydrogen-bond donors (Lipinski definition) is 0. The molecule has 1 saturated heterocycles. The van der Waals surface area contributed by atoms with E-state index in [1.165, 1.54) is 11.1 Å². The standard InChI is InChI=1S/C33H34O2S2/c1-5-13-26(14-6-1)21-31(29-19-11-4-12-20-29)36-33-22-30(35-24-28-17-9-3-10-18-28)32(37-33)25-34-23-27-15-7-2-8-16-27/h1-20,30-33H,21-25H2/t30-,31?,32+,33?/m0/s1/i33D. The normalized spacial score (nSPS) is 22.4. The van der Waals surface area contributed by atoms with Gasteiger partial charge >= 0.3 is 0 Å². The Morgan fingerprint density at radius 3 is 1.89 bits per heavy atom. The molecule has 0 aliphatic carbocycles. The molecule has 190 valence electrons. The third kappa shape index (κ3) is 7.99. The molecule has 4 aromatic carbocycles. The Balaban J connectivity index is 1.30. The fourth-order valence-corrected chi connectivity index (χ4v) is 7.68. The Hall–Kier alpha value is -2.50. The molecule has 0 saturated carbocycles. The Bertz CT molecular complexity index is 1230. The maximum absolute atomic E-state index is 9.56. The number of rotatable bonds is 12. The van der Waals surface area contributed by atoms with Crippen LogP contribution in [0.1, 0.15) is 35.3 Å². The summed E-state index contributed by atoms with van der Waals surface area (Å²) in [6, 6.07) is 41.8. The van der Waals surface area contributed by atoms with E-state index in [4.69, 9.17) is 9.47 Å². The molecule has 0 bridgehead atoms. The van der Waals surface area contributed by atoms with Crippen LogP contribution in [0.2, 0.25) is 0 Å². The van der Waals surface area contributed by atoms with Gasteiger partial charge in [-0.05, 0) is 35.1 Å². The summed E-state index contributed by atoms with van der Waals surface area (Å²) in [7, 11) is 0. The SMILES string of the molecule is [2H]C1(SC(Cc2ccccc2)c2ccccc2)C[C@H](OCc2ccccc2)[C@@H](COCc2ccccc2)S1. The first kappa shape index (κ1) is 24.8. The third-order valence-electron chi connectivity index (χ3n) is 6.47. The molecule has 1 heterocycles. The lowest BCUT2D eigenvalue weighted by molar-refractivity contribution is 0.0168. The smallest absolute Gasteiger partial charge is 0.0739 e. The van der Waals surface area contributed by atoms with Crippen molar-refractivity contribution in [2.75, 3.05) is 6.61 Å². The van der Waals surface area contributed by atoms with E-state index >= 15 is 0 Å². The highest BCUT2D eigenvalue weighted by Gasteiger charge is 2.37. The van der Waals surface area contributed by atoms with Crippen molar-refractivity contribution in [3.8, 4) is 0 Å². The van der Waals surface area contributed by atoms with Gasteiger partial charge in [-0.1, -0.05) is 121 Å². The number of thioether (sulfide) groups is 2. The number of benzene rings is 4. The van der Waals surface area contributed by atoms with E-state index in [2.05, 4.69) is 84.9 Å². The van der Waals surface area contributed by atoms with E-state index in [1.807, 2.05) is 36.4 Å². The zero-order chi connectivity index (χ0) is 26.0. The first-order chi connectivity index (χ1) is 18.7. The minimum atomic E-state index is -0.725. The van der Waals surface area contributed by atoms with Crippen LogP contribution < -0.4 is 0 Å². The first-order valence-electron chi connectivity index (χ1n) is 13.4. The molecule has 1 aliphatic rings. The van der Waals surface area contributed by atoms with Gasteiger partial charge in [0, 0.05) is 5.25 Å². The zero-order valence-corrected chi connectivity index (χ0v) is 22.6. The van der Waals surface area contributed by atoms with Gasteiger partial charge in [0.15, 0.2) is 0 Å². The maximum Gasteiger partial charge on any atom is 0.0739 e. The highest BCUT2D eigenvalue weighted by molar-refractivity contribution is 8.17. The first-order valence-corrected chi connectivity index (χ1v) is 14.6. The quantitative estimate of drug-likeness (QED) is 0.184. The van der Waals surface area contributed by atoms with E-state index in [9.17, 15) is 1.37 Å². The summed E-state index contributed by atoms with van der Waals surface area (Å²) in [5.74, 6) is 0. The molecule has 1 aliphatic heterocycles. The largest absolute Gasteiger partial charge is 0.376 e. The van der Waals surface area contributed by atoms with E-state index in [0.29, 0.717) is 26.2 Å². The molecule has 2 unspecified atom stereocenters. The van der Waals surface area contributed by atoms with Crippen molar-refractivity contribution in [1.29, 1.82) is 0 Å². The van der Waals surface area contributed by atoms with Crippen LogP contribution >= 0.6 is 23.5 Å². The van der Waals surface area contributed by atoms with Crippen LogP contribution in [0.15, 0.2) is 121 Å². The van der Waals surface area contributed by atoms with Crippen molar-refractivity contribution in [3.63, 3.8) is 0 Å². The van der Waals surface area contributed by atoms with Gasteiger partial charge in [0.25, 0.3) is 0 Å². The summed E-state index contributed by atoms with van der Waals surface area (Å²) in [6.07, 6.45) is 1.50. The summed E-state index contributed by atoms with van der Waals surface area (Å²) < 4.78 is 21.5. The fraction of sp³-hybridized carbons (Fsp3) is 0.273. The van der Waals surface area contributed by atoms with Crippen LogP contribution in [0.5, 0.6) is 0 Å². The molecule has 0 amide bonds. The molecular formula is C33H34O2S2. The van der Waals surface area contributed by atoms with Crippen LogP contribution in [0.3, 0.4) is 0 Å². The van der Waals surface area contributed by atoms with E-state index in [-0.39, 0.29) is 16.6 Å². The van der Waals surface area contributed by atoms with Crippen molar-refractivity contribution < 1.29 is 10.8 Å². The molecule has 1 fully saturated rings. The molecular weight excluding hydrogens is 492 g/mol. The second-order valence-electron chi connectivity index (χ2n) is 9.28. The highest BCUT2D eigenvalue weighted by Crippen LogP contribution is 2.48. The fourth-order valence-electron chi connectivity index (χ4n) is 4.50. The summed E-state index contributed by atoms with van der Waals surface area (Å²) in [4.78, 5) is 0. The van der Waals surface area contributed by atoms with E-state index < -0.39 is 4.56 Å². The van der Waals surface area contributed by atoms with Gasteiger partial charge in [0.2, 0.25) is 0 Å². The van der Waals surface area contributed by atoms with Gasteiger partial charge in [0.1, 0.15) is 0 Å². The van der Waals surface area contributed by atoms with Gasteiger partial charge in [-0.3, -0.25) is 0 Å². The van der Waals surface area contributed by atoms with Crippen molar-refractivity contribution >= 4 is 23.5 Å². The molecule has 0 aromatic heterocycles. The monoisotopic (exact) mass is 527 g/mol.